The third-order valence-electron chi connectivity index (χ3n) is 1.15. The Balaban J connectivity index is -0.000000189. The lowest BCUT2D eigenvalue weighted by Crippen LogP contribution is -2.20. The topological polar surface area (TPSA) is 18.5 Å². The van der Waals surface area contributed by atoms with Crippen molar-refractivity contribution in [3.63, 3.8) is 0 Å². The molecule has 78 valence electrons. The number of halogens is 1. The molecule has 0 N–H and O–H groups in total. The molecule has 0 spiro atoms. The lowest BCUT2D eigenvalue weighted by molar-refractivity contribution is -0.136. The van der Waals surface area contributed by atoms with Crippen molar-refractivity contribution in [1.29, 1.82) is 0 Å². The summed E-state index contributed by atoms with van der Waals surface area (Å²) in [5, 5.41) is 0. The van der Waals surface area contributed by atoms with Gasteiger partial charge in [-0.3, -0.25) is 4.39 Å². The van der Waals surface area contributed by atoms with Crippen LogP contribution in [0.15, 0.2) is 0 Å². The molecule has 0 radical (unpaired) electrons. The third kappa shape index (κ3) is 6.55. The van der Waals surface area contributed by atoms with Gasteiger partial charge in [-0.1, -0.05) is 14.9 Å². The van der Waals surface area contributed by atoms with Gasteiger partial charge in [0.2, 0.25) is 0 Å². The van der Waals surface area contributed by atoms with Gasteiger partial charge in [-0.05, 0) is 20.8 Å². The molecule has 1 saturated heterocycles. The maximum atomic E-state index is 9.50. The average molecular weight is 182 g/mol. The first-order valence-corrected chi connectivity index (χ1v) is 3.30. The Hall–Kier alpha value is -0.150. The van der Waals surface area contributed by atoms with E-state index < -0.39 is 0 Å². The molecule has 0 aromatic carbocycles. The summed E-state index contributed by atoms with van der Waals surface area (Å²) >= 11 is 0. The van der Waals surface area contributed by atoms with E-state index >= 15 is 0 Å². The minimum absolute atomic E-state index is 0. The van der Waals surface area contributed by atoms with Crippen LogP contribution in [0.1, 0.15) is 35.6 Å². The second-order valence-corrected chi connectivity index (χ2v) is 2.64. The smallest absolute Gasteiger partial charge is 0.163 e. The van der Waals surface area contributed by atoms with Crippen molar-refractivity contribution < 1.29 is 13.9 Å². The summed E-state index contributed by atoms with van der Waals surface area (Å²) in [7, 11) is 0.500. The fourth-order valence-electron chi connectivity index (χ4n) is 0.871. The van der Waals surface area contributed by atoms with Crippen LogP contribution in [0.2, 0.25) is 0 Å². The van der Waals surface area contributed by atoms with E-state index in [1.165, 1.54) is 0 Å². The molecule has 0 bridgehead atoms. The molecule has 0 aromatic rings. The van der Waals surface area contributed by atoms with Crippen molar-refractivity contribution in [3.05, 3.63) is 0 Å². The minimum atomic E-state index is -0.334. The van der Waals surface area contributed by atoms with Gasteiger partial charge in [0.25, 0.3) is 0 Å². The monoisotopic (exact) mass is 182 g/mol. The first kappa shape index (κ1) is 17.8. The molecule has 1 aliphatic rings. The number of hydrogen-bond donors (Lipinski definition) is 0. The van der Waals surface area contributed by atoms with E-state index in [-0.39, 0.29) is 26.7 Å². The molecule has 1 rings (SSSR count). The molecule has 0 amide bonds. The lowest BCUT2D eigenvalue weighted by Gasteiger charge is -2.15. The minimum Gasteiger partial charge on any atom is -0.348 e. The molecule has 1 atom stereocenters. The van der Waals surface area contributed by atoms with Gasteiger partial charge in [-0.25, -0.2) is 0 Å². The van der Waals surface area contributed by atoms with Gasteiger partial charge in [-0.15, -0.1) is 0 Å². The molecule has 1 heterocycles. The maximum Gasteiger partial charge on any atom is 0.163 e. The second kappa shape index (κ2) is 7.50. The molecule has 1 unspecified atom stereocenters. The normalized spacial score (nSPS) is 24.2. The number of hydrogen-bond acceptors (Lipinski definition) is 2. The Kier molecular flexibility index (Phi) is 11.1. The van der Waals surface area contributed by atoms with Crippen LogP contribution in [-0.2, 0) is 9.47 Å². The predicted molar refractivity (Wildman–Crippen MR) is 51.1 cm³/mol. The van der Waals surface area contributed by atoms with E-state index in [9.17, 15) is 4.39 Å². The quantitative estimate of drug-likeness (QED) is 0.573. The number of alkyl halides is 1. The van der Waals surface area contributed by atoms with Crippen molar-refractivity contribution >= 4 is 0 Å². The van der Waals surface area contributed by atoms with Crippen LogP contribution in [0.25, 0.3) is 0 Å². The van der Waals surface area contributed by atoms with Gasteiger partial charge in [0.05, 0.1) is 19.9 Å². The average Bonchev–Trinajstić information content (AvgIpc) is 2.15. The van der Waals surface area contributed by atoms with Crippen molar-refractivity contribution in [3.8, 4) is 0 Å². The third-order valence-corrected chi connectivity index (χ3v) is 1.15. The second-order valence-electron chi connectivity index (χ2n) is 2.64. The molecule has 1 fully saturated rings. The van der Waals surface area contributed by atoms with Gasteiger partial charge in [0.1, 0.15) is 0 Å². The van der Waals surface area contributed by atoms with Crippen LogP contribution in [0.3, 0.4) is 0 Å². The van der Waals surface area contributed by atoms with Crippen molar-refractivity contribution in [2.24, 2.45) is 0 Å². The maximum absolute atomic E-state index is 9.50. The Morgan fingerprint density at radius 3 is 1.75 bits per heavy atom. The van der Waals surface area contributed by atoms with Crippen LogP contribution in [0.5, 0.6) is 0 Å². The molecule has 0 saturated carbocycles. The highest BCUT2D eigenvalue weighted by Crippen LogP contribution is 2.21. The van der Waals surface area contributed by atoms with E-state index in [2.05, 4.69) is 0 Å². The lowest BCUT2D eigenvalue weighted by atomic mass is 10.4. The van der Waals surface area contributed by atoms with Crippen LogP contribution >= 0.6 is 0 Å². The molecule has 0 aliphatic carbocycles. The standard InChI is InChI=1S/C6H12O2.CH3F.2CH4/c1-5-4-7-6(2,3)8-5;1-2;;/h5H,4H2,1-3H3;1H3;2*1H4. The summed E-state index contributed by atoms with van der Waals surface area (Å²) in [6.45, 7) is 6.59. The highest BCUT2D eigenvalue weighted by atomic mass is 19.1. The largest absolute Gasteiger partial charge is 0.348 e. The van der Waals surface area contributed by atoms with Crippen LogP contribution < -0.4 is 0 Å². The van der Waals surface area contributed by atoms with Crippen molar-refractivity contribution in [2.75, 3.05) is 13.8 Å². The van der Waals surface area contributed by atoms with Crippen LogP contribution in [0, 0.1) is 0 Å². The highest BCUT2D eigenvalue weighted by molar-refractivity contribution is 4.65. The number of rotatable bonds is 0. The van der Waals surface area contributed by atoms with Gasteiger partial charge in [0, 0.05) is 0 Å². The summed E-state index contributed by atoms with van der Waals surface area (Å²) in [6, 6.07) is 0. The van der Waals surface area contributed by atoms with E-state index in [1.807, 2.05) is 20.8 Å². The zero-order valence-corrected chi connectivity index (χ0v) is 6.98. The van der Waals surface area contributed by atoms with E-state index in [0.717, 1.165) is 6.61 Å². The number of ether oxygens (including phenoxy) is 2. The zero-order chi connectivity index (χ0) is 8.20. The van der Waals surface area contributed by atoms with Gasteiger partial charge < -0.3 is 9.47 Å². The van der Waals surface area contributed by atoms with E-state index in [0.29, 0.717) is 7.18 Å². The Morgan fingerprint density at radius 1 is 1.25 bits per heavy atom. The van der Waals surface area contributed by atoms with Crippen LogP contribution in [0.4, 0.5) is 4.39 Å². The molecule has 12 heavy (non-hydrogen) atoms. The predicted octanol–water partition coefficient (Wildman–Crippen LogP) is 3.02. The van der Waals surface area contributed by atoms with Crippen molar-refractivity contribution in [2.45, 2.75) is 47.5 Å². The Labute approximate surface area is 76.1 Å². The van der Waals surface area contributed by atoms with Gasteiger partial charge >= 0.3 is 0 Å². The summed E-state index contributed by atoms with van der Waals surface area (Å²) in [6.07, 6.45) is 0.269. The molecule has 0 aromatic heterocycles. The molecule has 3 heteroatoms. The summed E-state index contributed by atoms with van der Waals surface area (Å²) < 4.78 is 20.1. The summed E-state index contributed by atoms with van der Waals surface area (Å²) in [5.74, 6) is -0.334. The fraction of sp³-hybridized carbons (Fsp3) is 1.00. The molecular weight excluding hydrogens is 159 g/mol. The van der Waals surface area contributed by atoms with Crippen molar-refractivity contribution in [1.82, 2.24) is 0 Å². The van der Waals surface area contributed by atoms with Gasteiger partial charge in [-0.2, -0.15) is 0 Å². The van der Waals surface area contributed by atoms with E-state index in [1.54, 1.807) is 0 Å². The Bertz CT molecular complexity index is 94.5. The fourth-order valence-corrected chi connectivity index (χ4v) is 0.871. The van der Waals surface area contributed by atoms with Gasteiger partial charge in [0.15, 0.2) is 5.79 Å². The Morgan fingerprint density at radius 2 is 1.67 bits per heavy atom. The zero-order valence-electron chi connectivity index (χ0n) is 6.98. The van der Waals surface area contributed by atoms with Crippen LogP contribution in [-0.4, -0.2) is 25.7 Å². The first-order valence-electron chi connectivity index (χ1n) is 3.30. The molecular formula is C9H23FO2. The van der Waals surface area contributed by atoms with E-state index in [4.69, 9.17) is 9.47 Å². The molecule has 2 nitrogen and oxygen atoms in total. The SMILES string of the molecule is C.C.CC1COC(C)(C)O1.CF. The highest BCUT2D eigenvalue weighted by Gasteiger charge is 2.29. The summed E-state index contributed by atoms with van der Waals surface area (Å²) in [4.78, 5) is 0. The summed E-state index contributed by atoms with van der Waals surface area (Å²) in [5.41, 5.74) is 0. The molecule has 1 aliphatic heterocycles. The first-order chi connectivity index (χ1) is 4.60.